The SMILES string of the molecule is CC(C)(O)CCN1CCNCC1. The van der Waals surface area contributed by atoms with Crippen LogP contribution in [0.25, 0.3) is 0 Å². The zero-order chi connectivity index (χ0) is 9.03. The number of nitrogens with zero attached hydrogens (tertiary/aromatic N) is 1. The number of hydrogen-bond donors (Lipinski definition) is 2. The molecule has 0 aliphatic carbocycles. The van der Waals surface area contributed by atoms with Gasteiger partial charge in [-0.3, -0.25) is 0 Å². The van der Waals surface area contributed by atoms with E-state index in [0.717, 1.165) is 39.1 Å². The summed E-state index contributed by atoms with van der Waals surface area (Å²) in [6.45, 7) is 9.18. The molecule has 0 bridgehead atoms. The summed E-state index contributed by atoms with van der Waals surface area (Å²) >= 11 is 0. The first-order valence-electron chi connectivity index (χ1n) is 4.73. The molecule has 1 fully saturated rings. The molecule has 2 N–H and O–H groups in total. The van der Waals surface area contributed by atoms with Crippen molar-refractivity contribution in [3.8, 4) is 0 Å². The first-order chi connectivity index (χ1) is 5.58. The Balaban J connectivity index is 2.13. The molecule has 1 aliphatic rings. The van der Waals surface area contributed by atoms with Crippen molar-refractivity contribution in [3.63, 3.8) is 0 Å². The van der Waals surface area contributed by atoms with Gasteiger partial charge in [0, 0.05) is 32.7 Å². The summed E-state index contributed by atoms with van der Waals surface area (Å²) in [6, 6.07) is 0. The van der Waals surface area contributed by atoms with E-state index in [4.69, 9.17) is 0 Å². The molecule has 72 valence electrons. The maximum Gasteiger partial charge on any atom is 0.0603 e. The summed E-state index contributed by atoms with van der Waals surface area (Å²) in [6.07, 6.45) is 0.868. The molecule has 0 saturated carbocycles. The van der Waals surface area contributed by atoms with Crippen LogP contribution in [0.2, 0.25) is 0 Å². The van der Waals surface area contributed by atoms with Gasteiger partial charge in [0.15, 0.2) is 0 Å². The van der Waals surface area contributed by atoms with E-state index in [0.29, 0.717) is 0 Å². The highest BCUT2D eigenvalue weighted by molar-refractivity contribution is 4.72. The molecule has 0 spiro atoms. The van der Waals surface area contributed by atoms with Crippen LogP contribution in [0.15, 0.2) is 0 Å². The van der Waals surface area contributed by atoms with Crippen molar-refractivity contribution in [2.45, 2.75) is 25.9 Å². The second kappa shape index (κ2) is 4.21. The van der Waals surface area contributed by atoms with Crippen LogP contribution in [-0.4, -0.2) is 48.3 Å². The fraction of sp³-hybridized carbons (Fsp3) is 1.00. The van der Waals surface area contributed by atoms with Crippen molar-refractivity contribution < 1.29 is 5.11 Å². The summed E-state index contributed by atoms with van der Waals surface area (Å²) in [5, 5.41) is 12.8. The summed E-state index contributed by atoms with van der Waals surface area (Å²) in [4.78, 5) is 2.40. The van der Waals surface area contributed by atoms with Crippen molar-refractivity contribution in [1.82, 2.24) is 10.2 Å². The van der Waals surface area contributed by atoms with Crippen molar-refractivity contribution in [2.75, 3.05) is 32.7 Å². The van der Waals surface area contributed by atoms with E-state index in [-0.39, 0.29) is 0 Å². The number of rotatable bonds is 3. The van der Waals surface area contributed by atoms with Gasteiger partial charge >= 0.3 is 0 Å². The van der Waals surface area contributed by atoms with Gasteiger partial charge in [-0.05, 0) is 20.3 Å². The number of piperazine rings is 1. The second-order valence-corrected chi connectivity index (χ2v) is 4.15. The Morgan fingerprint density at radius 1 is 1.33 bits per heavy atom. The molecule has 0 atom stereocenters. The predicted molar refractivity (Wildman–Crippen MR) is 50.2 cm³/mol. The van der Waals surface area contributed by atoms with Crippen molar-refractivity contribution in [2.24, 2.45) is 0 Å². The fourth-order valence-electron chi connectivity index (χ4n) is 1.37. The molecule has 3 nitrogen and oxygen atoms in total. The van der Waals surface area contributed by atoms with E-state index in [2.05, 4.69) is 10.2 Å². The molecular formula is C9H20N2O. The van der Waals surface area contributed by atoms with Crippen LogP contribution in [0.5, 0.6) is 0 Å². The van der Waals surface area contributed by atoms with Gasteiger partial charge in [-0.15, -0.1) is 0 Å². The minimum absolute atomic E-state index is 0.509. The highest BCUT2D eigenvalue weighted by Crippen LogP contribution is 2.08. The van der Waals surface area contributed by atoms with E-state index in [1.165, 1.54) is 0 Å². The lowest BCUT2D eigenvalue weighted by atomic mass is 10.1. The van der Waals surface area contributed by atoms with Gasteiger partial charge in [0.1, 0.15) is 0 Å². The van der Waals surface area contributed by atoms with E-state index in [1.54, 1.807) is 0 Å². The standard InChI is InChI=1S/C9H20N2O/c1-9(2,12)3-6-11-7-4-10-5-8-11/h10,12H,3-8H2,1-2H3. The zero-order valence-electron chi connectivity index (χ0n) is 8.14. The first-order valence-corrected chi connectivity index (χ1v) is 4.73. The normalized spacial score (nSPS) is 21.2. The summed E-state index contributed by atoms with van der Waals surface area (Å²) in [5.41, 5.74) is -0.509. The van der Waals surface area contributed by atoms with Crippen LogP contribution in [0.3, 0.4) is 0 Å². The molecule has 0 aromatic rings. The Hall–Kier alpha value is -0.120. The lowest BCUT2D eigenvalue weighted by Gasteiger charge is -2.29. The largest absolute Gasteiger partial charge is 0.390 e. The van der Waals surface area contributed by atoms with E-state index >= 15 is 0 Å². The summed E-state index contributed by atoms with van der Waals surface area (Å²) in [5.74, 6) is 0. The Kier molecular flexibility index (Phi) is 3.50. The minimum Gasteiger partial charge on any atom is -0.390 e. The van der Waals surface area contributed by atoms with Gasteiger partial charge < -0.3 is 15.3 Å². The zero-order valence-corrected chi connectivity index (χ0v) is 8.14. The third kappa shape index (κ3) is 4.04. The predicted octanol–water partition coefficient (Wildman–Crippen LogP) is 0.0526. The van der Waals surface area contributed by atoms with Gasteiger partial charge in [0.05, 0.1) is 5.60 Å². The lowest BCUT2D eigenvalue weighted by Crippen LogP contribution is -2.44. The van der Waals surface area contributed by atoms with E-state index in [1.807, 2.05) is 13.8 Å². The highest BCUT2D eigenvalue weighted by Gasteiger charge is 2.15. The Morgan fingerprint density at radius 2 is 1.92 bits per heavy atom. The first kappa shape index (κ1) is 9.96. The van der Waals surface area contributed by atoms with Gasteiger partial charge in [-0.2, -0.15) is 0 Å². The van der Waals surface area contributed by atoms with Crippen LogP contribution in [0.4, 0.5) is 0 Å². The number of aliphatic hydroxyl groups is 1. The van der Waals surface area contributed by atoms with Crippen LogP contribution >= 0.6 is 0 Å². The Labute approximate surface area is 74.8 Å². The van der Waals surface area contributed by atoms with Gasteiger partial charge in [0.25, 0.3) is 0 Å². The third-order valence-corrected chi connectivity index (χ3v) is 2.25. The van der Waals surface area contributed by atoms with Gasteiger partial charge in [-0.1, -0.05) is 0 Å². The molecule has 1 saturated heterocycles. The van der Waals surface area contributed by atoms with Crippen molar-refractivity contribution >= 4 is 0 Å². The molecule has 12 heavy (non-hydrogen) atoms. The molecule has 1 heterocycles. The van der Waals surface area contributed by atoms with Crippen LogP contribution in [0.1, 0.15) is 20.3 Å². The molecule has 1 rings (SSSR count). The maximum absolute atomic E-state index is 9.51. The third-order valence-electron chi connectivity index (χ3n) is 2.25. The van der Waals surface area contributed by atoms with E-state index in [9.17, 15) is 5.11 Å². The van der Waals surface area contributed by atoms with Gasteiger partial charge in [0.2, 0.25) is 0 Å². The Bertz CT molecular complexity index is 125. The molecule has 0 aromatic heterocycles. The van der Waals surface area contributed by atoms with E-state index < -0.39 is 5.60 Å². The van der Waals surface area contributed by atoms with Crippen molar-refractivity contribution in [3.05, 3.63) is 0 Å². The van der Waals surface area contributed by atoms with Gasteiger partial charge in [-0.25, -0.2) is 0 Å². The van der Waals surface area contributed by atoms with Crippen LogP contribution < -0.4 is 5.32 Å². The number of nitrogens with one attached hydrogen (secondary N) is 1. The van der Waals surface area contributed by atoms with Crippen molar-refractivity contribution in [1.29, 1.82) is 0 Å². The maximum atomic E-state index is 9.51. The molecular weight excluding hydrogens is 152 g/mol. The van der Waals surface area contributed by atoms with Crippen LogP contribution in [-0.2, 0) is 0 Å². The average molecular weight is 172 g/mol. The second-order valence-electron chi connectivity index (χ2n) is 4.15. The number of hydrogen-bond acceptors (Lipinski definition) is 3. The monoisotopic (exact) mass is 172 g/mol. The Morgan fingerprint density at radius 3 is 2.42 bits per heavy atom. The average Bonchev–Trinajstić information content (AvgIpc) is 2.02. The summed E-state index contributed by atoms with van der Waals surface area (Å²) in [7, 11) is 0. The molecule has 0 aromatic carbocycles. The molecule has 0 radical (unpaired) electrons. The highest BCUT2D eigenvalue weighted by atomic mass is 16.3. The molecule has 0 unspecified atom stereocenters. The fourth-order valence-corrected chi connectivity index (χ4v) is 1.37. The minimum atomic E-state index is -0.509. The lowest BCUT2D eigenvalue weighted by molar-refractivity contribution is 0.0560. The summed E-state index contributed by atoms with van der Waals surface area (Å²) < 4.78 is 0. The topological polar surface area (TPSA) is 35.5 Å². The smallest absolute Gasteiger partial charge is 0.0603 e. The van der Waals surface area contributed by atoms with Crippen LogP contribution in [0, 0.1) is 0 Å². The molecule has 0 amide bonds. The molecule has 3 heteroatoms. The quantitative estimate of drug-likeness (QED) is 0.631. The molecule has 1 aliphatic heterocycles.